The Morgan fingerprint density at radius 1 is 1.15 bits per heavy atom. The lowest BCUT2D eigenvalue weighted by Gasteiger charge is -2.18. The van der Waals surface area contributed by atoms with Crippen LogP contribution in [0.25, 0.3) is 0 Å². The Kier molecular flexibility index (Phi) is 3.37. The molecule has 0 saturated heterocycles. The van der Waals surface area contributed by atoms with Crippen molar-refractivity contribution in [3.05, 3.63) is 59.4 Å². The molecule has 4 heteroatoms. The summed E-state index contributed by atoms with van der Waals surface area (Å²) in [6.45, 7) is 0.994. The maximum Gasteiger partial charge on any atom is 0.255 e. The molecule has 102 valence electrons. The highest BCUT2D eigenvalue weighted by Crippen LogP contribution is 2.25. The van der Waals surface area contributed by atoms with Gasteiger partial charge in [-0.1, -0.05) is 0 Å². The topological polar surface area (TPSA) is 41.1 Å². The van der Waals surface area contributed by atoms with Crippen LogP contribution in [0.2, 0.25) is 0 Å². The van der Waals surface area contributed by atoms with Crippen LogP contribution in [0.4, 0.5) is 15.8 Å². The van der Waals surface area contributed by atoms with E-state index < -0.39 is 0 Å². The van der Waals surface area contributed by atoms with Crippen LogP contribution in [0.15, 0.2) is 42.5 Å². The quantitative estimate of drug-likeness (QED) is 0.877. The number of hydrogen-bond donors (Lipinski definition) is 2. The molecule has 2 aromatic carbocycles. The van der Waals surface area contributed by atoms with Crippen LogP contribution >= 0.6 is 0 Å². The van der Waals surface area contributed by atoms with Gasteiger partial charge in [-0.05, 0) is 60.9 Å². The first-order valence-electron chi connectivity index (χ1n) is 6.66. The van der Waals surface area contributed by atoms with Gasteiger partial charge < -0.3 is 10.6 Å². The summed E-state index contributed by atoms with van der Waals surface area (Å²) in [5, 5.41) is 6.17. The molecule has 1 aliphatic heterocycles. The van der Waals surface area contributed by atoms with Gasteiger partial charge in [0.05, 0.1) is 0 Å². The molecule has 0 unspecified atom stereocenters. The minimum atomic E-state index is -0.346. The van der Waals surface area contributed by atoms with Crippen molar-refractivity contribution in [2.45, 2.75) is 12.8 Å². The highest BCUT2D eigenvalue weighted by atomic mass is 19.1. The van der Waals surface area contributed by atoms with Gasteiger partial charge in [-0.25, -0.2) is 4.39 Å². The van der Waals surface area contributed by atoms with Crippen molar-refractivity contribution in [3.8, 4) is 0 Å². The van der Waals surface area contributed by atoms with Gasteiger partial charge in [0.1, 0.15) is 5.82 Å². The molecule has 1 heterocycles. The smallest absolute Gasteiger partial charge is 0.255 e. The molecule has 0 aromatic heterocycles. The number of aryl methyl sites for hydroxylation is 1. The summed E-state index contributed by atoms with van der Waals surface area (Å²) in [5.41, 5.74) is 3.56. The number of anilines is 2. The highest BCUT2D eigenvalue weighted by molar-refractivity contribution is 6.04. The van der Waals surface area contributed by atoms with Gasteiger partial charge in [-0.15, -0.1) is 0 Å². The molecular weight excluding hydrogens is 255 g/mol. The van der Waals surface area contributed by atoms with Gasteiger partial charge in [0.2, 0.25) is 0 Å². The van der Waals surface area contributed by atoms with Crippen molar-refractivity contribution in [1.29, 1.82) is 0 Å². The molecule has 0 radical (unpaired) electrons. The molecule has 1 aliphatic rings. The van der Waals surface area contributed by atoms with Crippen LogP contribution in [0.3, 0.4) is 0 Å². The van der Waals surface area contributed by atoms with Crippen LogP contribution in [0, 0.1) is 5.82 Å². The van der Waals surface area contributed by atoms with Crippen molar-refractivity contribution in [2.24, 2.45) is 0 Å². The van der Waals surface area contributed by atoms with Gasteiger partial charge in [-0.3, -0.25) is 4.79 Å². The number of benzene rings is 2. The Morgan fingerprint density at radius 2 is 1.95 bits per heavy atom. The number of hydrogen-bond acceptors (Lipinski definition) is 2. The average Bonchev–Trinajstić information content (AvgIpc) is 2.48. The second kappa shape index (κ2) is 5.33. The highest BCUT2D eigenvalue weighted by Gasteiger charge is 2.11. The zero-order chi connectivity index (χ0) is 13.9. The Balaban J connectivity index is 1.77. The standard InChI is InChI=1S/C16H15FN2O/c17-13-5-3-11(4-6-13)16(20)19-14-7-8-15-12(10-14)2-1-9-18-15/h3-8,10,18H,1-2,9H2,(H,19,20). The molecule has 0 spiro atoms. The SMILES string of the molecule is O=C(Nc1ccc2c(c1)CCCN2)c1ccc(F)cc1. The van der Waals surface area contributed by atoms with E-state index in [2.05, 4.69) is 10.6 Å². The van der Waals surface area contributed by atoms with Crippen molar-refractivity contribution < 1.29 is 9.18 Å². The number of halogens is 1. The first kappa shape index (κ1) is 12.7. The summed E-state index contributed by atoms with van der Waals surface area (Å²) in [6, 6.07) is 11.4. The van der Waals surface area contributed by atoms with Crippen molar-refractivity contribution in [1.82, 2.24) is 0 Å². The Morgan fingerprint density at radius 3 is 2.75 bits per heavy atom. The van der Waals surface area contributed by atoms with E-state index in [0.29, 0.717) is 5.56 Å². The zero-order valence-corrected chi connectivity index (χ0v) is 10.9. The first-order chi connectivity index (χ1) is 9.72. The van der Waals surface area contributed by atoms with E-state index in [4.69, 9.17) is 0 Å². The Bertz CT molecular complexity index is 637. The Labute approximate surface area is 116 Å². The Hall–Kier alpha value is -2.36. The average molecular weight is 270 g/mol. The molecule has 1 amide bonds. The number of carbonyl (C=O) groups excluding carboxylic acids is 1. The van der Waals surface area contributed by atoms with E-state index in [0.717, 1.165) is 30.8 Å². The van der Waals surface area contributed by atoms with E-state index in [9.17, 15) is 9.18 Å². The number of nitrogens with one attached hydrogen (secondary N) is 2. The van der Waals surface area contributed by atoms with Gasteiger partial charge in [0.25, 0.3) is 5.91 Å². The van der Waals surface area contributed by atoms with Crippen LogP contribution in [-0.2, 0) is 6.42 Å². The van der Waals surface area contributed by atoms with Gasteiger partial charge >= 0.3 is 0 Å². The van der Waals surface area contributed by atoms with E-state index in [1.165, 1.54) is 29.8 Å². The molecule has 0 atom stereocenters. The molecular formula is C16H15FN2O. The summed E-state index contributed by atoms with van der Waals surface area (Å²) >= 11 is 0. The second-order valence-electron chi connectivity index (χ2n) is 4.86. The lowest BCUT2D eigenvalue weighted by atomic mass is 10.0. The summed E-state index contributed by atoms with van der Waals surface area (Å²) in [7, 11) is 0. The third-order valence-electron chi connectivity index (χ3n) is 3.41. The minimum absolute atomic E-state index is 0.228. The fourth-order valence-electron chi connectivity index (χ4n) is 2.36. The monoisotopic (exact) mass is 270 g/mol. The maximum absolute atomic E-state index is 12.8. The van der Waals surface area contributed by atoms with Crippen LogP contribution in [0.5, 0.6) is 0 Å². The number of amides is 1. The van der Waals surface area contributed by atoms with E-state index in [1.807, 2.05) is 18.2 Å². The van der Waals surface area contributed by atoms with Crippen molar-refractivity contribution in [3.63, 3.8) is 0 Å². The van der Waals surface area contributed by atoms with Crippen LogP contribution < -0.4 is 10.6 Å². The fraction of sp³-hybridized carbons (Fsp3) is 0.188. The van der Waals surface area contributed by atoms with Gasteiger partial charge in [-0.2, -0.15) is 0 Å². The fourth-order valence-corrected chi connectivity index (χ4v) is 2.36. The number of carbonyl (C=O) groups is 1. The van der Waals surface area contributed by atoms with Crippen molar-refractivity contribution >= 4 is 17.3 Å². The van der Waals surface area contributed by atoms with Gasteiger partial charge in [0.15, 0.2) is 0 Å². The van der Waals surface area contributed by atoms with Gasteiger partial charge in [0, 0.05) is 23.5 Å². The van der Waals surface area contributed by atoms with E-state index in [1.54, 1.807) is 0 Å². The van der Waals surface area contributed by atoms with Crippen LogP contribution in [0.1, 0.15) is 22.3 Å². The van der Waals surface area contributed by atoms with E-state index in [-0.39, 0.29) is 11.7 Å². The normalized spacial score (nSPS) is 13.2. The second-order valence-corrected chi connectivity index (χ2v) is 4.86. The molecule has 2 N–H and O–H groups in total. The maximum atomic E-state index is 12.8. The molecule has 0 fully saturated rings. The summed E-state index contributed by atoms with van der Waals surface area (Å²) in [6.07, 6.45) is 2.12. The molecule has 2 aromatic rings. The molecule has 0 saturated carbocycles. The van der Waals surface area contributed by atoms with Crippen molar-refractivity contribution in [2.75, 3.05) is 17.2 Å². The first-order valence-corrected chi connectivity index (χ1v) is 6.66. The third kappa shape index (κ3) is 2.64. The third-order valence-corrected chi connectivity index (χ3v) is 3.41. The molecule has 20 heavy (non-hydrogen) atoms. The zero-order valence-electron chi connectivity index (χ0n) is 10.9. The number of rotatable bonds is 2. The molecule has 0 aliphatic carbocycles. The summed E-state index contributed by atoms with van der Waals surface area (Å²) in [4.78, 5) is 12.0. The van der Waals surface area contributed by atoms with Crippen LogP contribution in [-0.4, -0.2) is 12.5 Å². The van der Waals surface area contributed by atoms with E-state index >= 15 is 0 Å². The lowest BCUT2D eigenvalue weighted by Crippen LogP contribution is -2.14. The predicted octanol–water partition coefficient (Wildman–Crippen LogP) is 3.44. The lowest BCUT2D eigenvalue weighted by molar-refractivity contribution is 0.102. The molecule has 3 rings (SSSR count). The summed E-state index contributed by atoms with van der Waals surface area (Å²) < 4.78 is 12.8. The molecule has 0 bridgehead atoms. The summed E-state index contributed by atoms with van der Waals surface area (Å²) in [5.74, 6) is -0.574. The predicted molar refractivity (Wildman–Crippen MR) is 77.6 cm³/mol. The largest absolute Gasteiger partial charge is 0.385 e. The molecule has 3 nitrogen and oxygen atoms in total. The minimum Gasteiger partial charge on any atom is -0.385 e. The number of fused-ring (bicyclic) bond motifs is 1.